The number of unbranched alkanes of at least 4 members (excludes halogenated alkanes) is 1. The number of nitrogens with zero attached hydrogens (tertiary/aromatic N) is 5. The third-order valence-electron chi connectivity index (χ3n) is 5.12. The Hall–Kier alpha value is -3.62. The Morgan fingerprint density at radius 2 is 2.06 bits per heavy atom. The van der Waals surface area contributed by atoms with Gasteiger partial charge < -0.3 is 14.3 Å². The molecule has 0 spiro atoms. The van der Waals surface area contributed by atoms with E-state index >= 15 is 0 Å². The van der Waals surface area contributed by atoms with Crippen LogP contribution in [0.2, 0.25) is 0 Å². The third-order valence-corrected chi connectivity index (χ3v) is 5.74. The fourth-order valence-electron chi connectivity index (χ4n) is 3.65. The molecule has 0 radical (unpaired) electrons. The van der Waals surface area contributed by atoms with Gasteiger partial charge in [-0.05, 0) is 47.0 Å². The van der Waals surface area contributed by atoms with Crippen LogP contribution >= 0.6 is 15.9 Å². The highest BCUT2D eigenvalue weighted by Gasteiger charge is 2.18. The van der Waals surface area contributed by atoms with E-state index in [4.69, 9.17) is 10.00 Å². The van der Waals surface area contributed by atoms with Crippen molar-refractivity contribution in [3.05, 3.63) is 64.3 Å². The molecule has 0 unspecified atom stereocenters. The van der Waals surface area contributed by atoms with Crippen LogP contribution in [-0.4, -0.2) is 21.1 Å². The maximum Gasteiger partial charge on any atom is 0.219 e. The topological polar surface area (TPSA) is 103 Å². The van der Waals surface area contributed by atoms with E-state index in [0.29, 0.717) is 30.8 Å². The molecule has 154 valence electrons. The van der Waals surface area contributed by atoms with Crippen molar-refractivity contribution in [2.24, 2.45) is 4.99 Å². The van der Waals surface area contributed by atoms with Crippen molar-refractivity contribution >= 4 is 37.9 Å². The van der Waals surface area contributed by atoms with Gasteiger partial charge in [-0.3, -0.25) is 4.98 Å². The minimum Gasteiger partial charge on any atom is -0.492 e. The number of pyridine rings is 1. The summed E-state index contributed by atoms with van der Waals surface area (Å²) in [6.07, 6.45) is 4.75. The molecule has 2 heterocycles. The Kier molecular flexibility index (Phi) is 6.01. The summed E-state index contributed by atoms with van der Waals surface area (Å²) in [5, 5.41) is 18.9. The molecule has 2 aromatic carbocycles. The van der Waals surface area contributed by atoms with Crippen LogP contribution < -0.4 is 10.4 Å². The number of rotatable bonds is 6. The van der Waals surface area contributed by atoms with Gasteiger partial charge >= 0.3 is 0 Å². The summed E-state index contributed by atoms with van der Waals surface area (Å²) in [7, 11) is 0. The number of hydrogen-bond acceptors (Lipinski definition) is 5. The largest absolute Gasteiger partial charge is 0.492 e. The van der Waals surface area contributed by atoms with Crippen molar-refractivity contribution in [3.63, 3.8) is 0 Å². The van der Waals surface area contributed by atoms with Gasteiger partial charge in [0.05, 0.1) is 45.9 Å². The summed E-state index contributed by atoms with van der Waals surface area (Å²) in [4.78, 5) is 11.8. The van der Waals surface area contributed by atoms with Crippen molar-refractivity contribution in [2.45, 2.75) is 25.8 Å². The minimum atomic E-state index is -0.0729. The molecular weight excluding hydrogens is 456 g/mol. The van der Waals surface area contributed by atoms with Gasteiger partial charge in [0.25, 0.3) is 0 Å². The van der Waals surface area contributed by atoms with Crippen LogP contribution in [0, 0.1) is 22.8 Å². The number of benzene rings is 2. The zero-order chi connectivity index (χ0) is 21.8. The number of fused-ring (bicyclic) bond motifs is 3. The molecule has 0 fully saturated rings. The molecule has 0 aliphatic rings. The van der Waals surface area contributed by atoms with Gasteiger partial charge in [0.1, 0.15) is 5.75 Å². The molecule has 8 heteroatoms. The molecule has 0 saturated carbocycles. The zero-order valence-corrected chi connectivity index (χ0v) is 18.4. The lowest BCUT2D eigenvalue weighted by molar-refractivity contribution is 0.311. The lowest BCUT2D eigenvalue weighted by Crippen LogP contribution is -2.22. The fourth-order valence-corrected chi connectivity index (χ4v) is 4.09. The molecule has 1 N–H and O–H groups in total. The van der Waals surface area contributed by atoms with Crippen LogP contribution in [0.5, 0.6) is 5.75 Å². The minimum absolute atomic E-state index is 0.0729. The van der Waals surface area contributed by atoms with Crippen LogP contribution in [0.15, 0.2) is 58.1 Å². The molecule has 7 nitrogen and oxygen atoms in total. The first-order valence-corrected chi connectivity index (χ1v) is 10.6. The number of ether oxygens (including phenoxy) is 1. The number of aromatic nitrogens is 3. The van der Waals surface area contributed by atoms with E-state index in [0.717, 1.165) is 32.0 Å². The van der Waals surface area contributed by atoms with E-state index in [1.165, 1.54) is 0 Å². The second-order valence-corrected chi connectivity index (χ2v) is 7.90. The van der Waals surface area contributed by atoms with Crippen molar-refractivity contribution < 1.29 is 4.74 Å². The highest BCUT2D eigenvalue weighted by molar-refractivity contribution is 9.10. The predicted molar refractivity (Wildman–Crippen MR) is 121 cm³/mol. The molecule has 0 aliphatic carbocycles. The zero-order valence-electron chi connectivity index (χ0n) is 16.8. The number of nitriles is 2. The van der Waals surface area contributed by atoms with Gasteiger partial charge in [-0.2, -0.15) is 10.5 Å². The standard InChI is InChI=1S/C23H19BrN6O/c1-15(16-7-3-2-4-8-16)30-22-17-11-21(31-10-6-5-9-25)18(24)12-19(17)27-13-20(22)29-23(30)28-14-26/h2-4,7-8,11-13,15H,5-6,10H2,1H3,(H,28,29)/t15-/m1/s1. The average molecular weight is 475 g/mol. The second kappa shape index (κ2) is 9.03. The van der Waals surface area contributed by atoms with Crippen molar-refractivity contribution in [3.8, 4) is 18.0 Å². The van der Waals surface area contributed by atoms with E-state index in [1.807, 2.05) is 41.1 Å². The Morgan fingerprint density at radius 3 is 2.81 bits per heavy atom. The average Bonchev–Trinajstić information content (AvgIpc) is 3.15. The highest BCUT2D eigenvalue weighted by atomic mass is 79.9. The summed E-state index contributed by atoms with van der Waals surface area (Å²) >= 11 is 3.56. The molecule has 0 bridgehead atoms. The molecule has 0 saturated heterocycles. The molecule has 0 aliphatic heterocycles. The van der Waals surface area contributed by atoms with Crippen molar-refractivity contribution in [2.75, 3.05) is 6.61 Å². The van der Waals surface area contributed by atoms with E-state index < -0.39 is 0 Å². The lowest BCUT2D eigenvalue weighted by Gasteiger charge is -2.16. The fraction of sp³-hybridized carbons (Fsp3) is 0.217. The van der Waals surface area contributed by atoms with Crippen molar-refractivity contribution in [1.82, 2.24) is 14.5 Å². The number of halogens is 1. The quantitative estimate of drug-likeness (QED) is 0.315. The Morgan fingerprint density at radius 1 is 1.26 bits per heavy atom. The number of nitrogens with one attached hydrogen (secondary N) is 1. The summed E-state index contributed by atoms with van der Waals surface area (Å²) in [5.74, 6) is 0.679. The summed E-state index contributed by atoms with van der Waals surface area (Å²) in [6.45, 7) is 2.52. The number of H-pyrrole nitrogens is 1. The second-order valence-electron chi connectivity index (χ2n) is 7.05. The van der Waals surface area contributed by atoms with Gasteiger partial charge in [0.2, 0.25) is 11.8 Å². The Balaban J connectivity index is 1.95. The summed E-state index contributed by atoms with van der Waals surface area (Å²) in [5.41, 5.74) is 4.02. The van der Waals surface area contributed by atoms with Crippen LogP contribution in [-0.2, 0) is 0 Å². The van der Waals surface area contributed by atoms with Gasteiger partial charge in [-0.25, -0.2) is 0 Å². The number of imidazole rings is 1. The number of aromatic amines is 1. The van der Waals surface area contributed by atoms with Gasteiger partial charge in [-0.15, -0.1) is 4.99 Å². The van der Waals surface area contributed by atoms with Crippen LogP contribution in [0.4, 0.5) is 0 Å². The molecule has 31 heavy (non-hydrogen) atoms. The third kappa shape index (κ3) is 4.03. The molecule has 4 rings (SSSR count). The SMILES string of the molecule is C[C@H](c1ccccc1)n1c(=NC#N)[nH]c2cnc3cc(Br)c(OCCCC#N)cc3c21. The van der Waals surface area contributed by atoms with E-state index in [-0.39, 0.29) is 6.04 Å². The van der Waals surface area contributed by atoms with Crippen LogP contribution in [0.1, 0.15) is 31.4 Å². The van der Waals surface area contributed by atoms with E-state index in [1.54, 1.807) is 6.20 Å². The summed E-state index contributed by atoms with van der Waals surface area (Å²) < 4.78 is 8.73. The van der Waals surface area contributed by atoms with Crippen LogP contribution in [0.3, 0.4) is 0 Å². The van der Waals surface area contributed by atoms with Crippen LogP contribution in [0.25, 0.3) is 21.9 Å². The smallest absolute Gasteiger partial charge is 0.219 e. The normalized spacial score (nSPS) is 12.6. The highest BCUT2D eigenvalue weighted by Crippen LogP contribution is 2.34. The first kappa shape index (κ1) is 20.6. The van der Waals surface area contributed by atoms with E-state index in [9.17, 15) is 5.26 Å². The molecule has 0 amide bonds. The molecule has 4 aromatic rings. The molecule has 1 atom stereocenters. The first-order valence-electron chi connectivity index (χ1n) is 9.84. The monoisotopic (exact) mass is 474 g/mol. The first-order chi connectivity index (χ1) is 15.1. The van der Waals surface area contributed by atoms with E-state index in [2.05, 4.69) is 56.0 Å². The number of hydrogen-bond donors (Lipinski definition) is 1. The predicted octanol–water partition coefficient (Wildman–Crippen LogP) is 4.95. The van der Waals surface area contributed by atoms with Gasteiger partial charge in [-0.1, -0.05) is 30.3 Å². The lowest BCUT2D eigenvalue weighted by atomic mass is 10.1. The maximum atomic E-state index is 9.24. The summed E-state index contributed by atoms with van der Waals surface area (Å²) in [6, 6.07) is 16.0. The maximum absolute atomic E-state index is 9.24. The molecular formula is C23H19BrN6O. The van der Waals surface area contributed by atoms with Crippen molar-refractivity contribution in [1.29, 1.82) is 10.5 Å². The Labute approximate surface area is 187 Å². The van der Waals surface area contributed by atoms with Gasteiger partial charge in [0.15, 0.2) is 0 Å². The molecule has 2 aromatic heterocycles. The van der Waals surface area contributed by atoms with Gasteiger partial charge in [0, 0.05) is 11.8 Å². The Bertz CT molecular complexity index is 1390.